The first-order valence-electron chi connectivity index (χ1n) is 4.77. The molecule has 3 heteroatoms. The van der Waals surface area contributed by atoms with Crippen LogP contribution in [0.2, 0.25) is 0 Å². The highest BCUT2D eigenvalue weighted by molar-refractivity contribution is 6.18. The Balaban J connectivity index is 3.53. The van der Waals surface area contributed by atoms with Gasteiger partial charge in [0.15, 0.2) is 0 Å². The number of hydrogen-bond acceptors (Lipinski definition) is 2. The predicted molar refractivity (Wildman–Crippen MR) is 58.5 cm³/mol. The molecule has 0 aliphatic carbocycles. The van der Waals surface area contributed by atoms with Gasteiger partial charge in [-0.1, -0.05) is 0 Å². The summed E-state index contributed by atoms with van der Waals surface area (Å²) in [6.07, 6.45) is 0. The SMILES string of the molecule is CC(CCl)N(C)CCOC(C)(C)C. The number of nitrogens with zero attached hydrogens (tertiary/aromatic N) is 1. The van der Waals surface area contributed by atoms with Crippen LogP contribution >= 0.6 is 11.6 Å². The van der Waals surface area contributed by atoms with E-state index in [4.69, 9.17) is 16.3 Å². The average Bonchev–Trinajstić information content (AvgIpc) is 2.00. The molecule has 80 valence electrons. The van der Waals surface area contributed by atoms with E-state index >= 15 is 0 Å². The van der Waals surface area contributed by atoms with E-state index in [0.717, 1.165) is 13.2 Å². The second-order valence-corrected chi connectivity index (χ2v) is 4.75. The molecule has 0 saturated heterocycles. The lowest BCUT2D eigenvalue weighted by Crippen LogP contribution is -2.35. The topological polar surface area (TPSA) is 12.5 Å². The minimum Gasteiger partial charge on any atom is -0.375 e. The molecule has 0 saturated carbocycles. The zero-order valence-corrected chi connectivity index (χ0v) is 10.2. The monoisotopic (exact) mass is 207 g/mol. The molecule has 0 N–H and O–H groups in total. The summed E-state index contributed by atoms with van der Waals surface area (Å²) < 4.78 is 5.61. The summed E-state index contributed by atoms with van der Waals surface area (Å²) >= 11 is 5.73. The van der Waals surface area contributed by atoms with Crippen molar-refractivity contribution in [3.8, 4) is 0 Å². The van der Waals surface area contributed by atoms with Crippen LogP contribution in [-0.2, 0) is 4.74 Å². The zero-order valence-electron chi connectivity index (χ0n) is 9.43. The second-order valence-electron chi connectivity index (χ2n) is 4.44. The third kappa shape index (κ3) is 7.29. The highest BCUT2D eigenvalue weighted by Crippen LogP contribution is 2.06. The molecule has 0 aromatic rings. The smallest absolute Gasteiger partial charge is 0.0600 e. The van der Waals surface area contributed by atoms with Gasteiger partial charge in [-0.2, -0.15) is 0 Å². The molecular formula is C10H22ClNO. The van der Waals surface area contributed by atoms with Gasteiger partial charge < -0.3 is 9.64 Å². The minimum atomic E-state index is -0.0367. The van der Waals surface area contributed by atoms with Crippen molar-refractivity contribution in [1.82, 2.24) is 4.90 Å². The van der Waals surface area contributed by atoms with Crippen molar-refractivity contribution in [2.24, 2.45) is 0 Å². The molecule has 0 bridgehead atoms. The Morgan fingerprint density at radius 3 is 2.31 bits per heavy atom. The van der Waals surface area contributed by atoms with E-state index in [9.17, 15) is 0 Å². The van der Waals surface area contributed by atoms with E-state index in [2.05, 4.69) is 39.6 Å². The fraction of sp³-hybridized carbons (Fsp3) is 1.00. The van der Waals surface area contributed by atoms with Crippen molar-refractivity contribution in [3.05, 3.63) is 0 Å². The molecule has 1 unspecified atom stereocenters. The highest BCUT2D eigenvalue weighted by Gasteiger charge is 2.11. The van der Waals surface area contributed by atoms with Crippen molar-refractivity contribution in [1.29, 1.82) is 0 Å². The number of likely N-dealkylation sites (N-methyl/N-ethyl adjacent to an activating group) is 1. The van der Waals surface area contributed by atoms with Gasteiger partial charge in [-0.25, -0.2) is 0 Å². The van der Waals surface area contributed by atoms with Crippen molar-refractivity contribution in [2.45, 2.75) is 39.3 Å². The van der Waals surface area contributed by atoms with Crippen molar-refractivity contribution in [3.63, 3.8) is 0 Å². The fourth-order valence-electron chi connectivity index (χ4n) is 0.834. The van der Waals surface area contributed by atoms with E-state index in [1.165, 1.54) is 0 Å². The quantitative estimate of drug-likeness (QED) is 0.642. The third-order valence-corrected chi connectivity index (χ3v) is 2.40. The first kappa shape index (κ1) is 13.2. The van der Waals surface area contributed by atoms with E-state index in [0.29, 0.717) is 11.9 Å². The van der Waals surface area contributed by atoms with E-state index in [1.807, 2.05) is 0 Å². The summed E-state index contributed by atoms with van der Waals surface area (Å²) in [5.74, 6) is 0.673. The largest absolute Gasteiger partial charge is 0.375 e. The van der Waals surface area contributed by atoms with Gasteiger partial charge in [-0.3, -0.25) is 0 Å². The maximum atomic E-state index is 5.73. The van der Waals surface area contributed by atoms with Crippen LogP contribution in [0.25, 0.3) is 0 Å². The molecule has 13 heavy (non-hydrogen) atoms. The van der Waals surface area contributed by atoms with E-state index in [-0.39, 0.29) is 5.60 Å². The summed E-state index contributed by atoms with van der Waals surface area (Å²) in [5.41, 5.74) is -0.0367. The third-order valence-electron chi connectivity index (χ3n) is 1.95. The first-order valence-corrected chi connectivity index (χ1v) is 5.30. The van der Waals surface area contributed by atoms with Gasteiger partial charge in [-0.15, -0.1) is 11.6 Å². The Hall–Kier alpha value is 0.210. The molecule has 0 radical (unpaired) electrons. The molecule has 0 spiro atoms. The van der Waals surface area contributed by atoms with Crippen LogP contribution in [-0.4, -0.2) is 42.6 Å². The molecule has 0 aliphatic rings. The van der Waals surface area contributed by atoms with Gasteiger partial charge >= 0.3 is 0 Å². The average molecular weight is 208 g/mol. The molecule has 0 aliphatic heterocycles. The van der Waals surface area contributed by atoms with Crippen LogP contribution in [0, 0.1) is 0 Å². The molecule has 0 aromatic heterocycles. The number of rotatable bonds is 5. The lowest BCUT2D eigenvalue weighted by molar-refractivity contribution is -0.0130. The van der Waals surface area contributed by atoms with Gasteiger partial charge in [0.2, 0.25) is 0 Å². The van der Waals surface area contributed by atoms with E-state index < -0.39 is 0 Å². The summed E-state index contributed by atoms with van der Waals surface area (Å²) in [6.45, 7) is 10.0. The number of ether oxygens (including phenoxy) is 1. The van der Waals surface area contributed by atoms with Crippen LogP contribution < -0.4 is 0 Å². The summed E-state index contributed by atoms with van der Waals surface area (Å²) in [4.78, 5) is 2.21. The lowest BCUT2D eigenvalue weighted by Gasteiger charge is -2.25. The minimum absolute atomic E-state index is 0.0367. The Morgan fingerprint density at radius 1 is 1.38 bits per heavy atom. The summed E-state index contributed by atoms with van der Waals surface area (Å²) in [7, 11) is 2.07. The van der Waals surface area contributed by atoms with Crippen LogP contribution in [0.5, 0.6) is 0 Å². The Labute approximate surface area is 87.2 Å². The zero-order chi connectivity index (χ0) is 10.5. The van der Waals surface area contributed by atoms with Gasteiger partial charge in [-0.05, 0) is 34.7 Å². The van der Waals surface area contributed by atoms with Crippen molar-refractivity contribution < 1.29 is 4.74 Å². The molecule has 0 heterocycles. The van der Waals surface area contributed by atoms with Gasteiger partial charge in [0.05, 0.1) is 12.2 Å². The van der Waals surface area contributed by atoms with Crippen molar-refractivity contribution in [2.75, 3.05) is 26.1 Å². The standard InChI is InChI=1S/C10H22ClNO/c1-9(8-11)12(5)6-7-13-10(2,3)4/h9H,6-8H2,1-5H3. The van der Waals surface area contributed by atoms with Crippen LogP contribution in [0.4, 0.5) is 0 Å². The molecular weight excluding hydrogens is 186 g/mol. The molecule has 0 rings (SSSR count). The maximum absolute atomic E-state index is 5.73. The van der Waals surface area contributed by atoms with Gasteiger partial charge in [0.25, 0.3) is 0 Å². The van der Waals surface area contributed by atoms with Crippen LogP contribution in [0.1, 0.15) is 27.7 Å². The fourth-order valence-corrected chi connectivity index (χ4v) is 1.07. The van der Waals surface area contributed by atoms with Crippen LogP contribution in [0.3, 0.4) is 0 Å². The molecule has 2 nitrogen and oxygen atoms in total. The molecule has 1 atom stereocenters. The number of alkyl halides is 1. The van der Waals surface area contributed by atoms with Gasteiger partial charge in [0, 0.05) is 18.5 Å². The molecule has 0 aromatic carbocycles. The Kier molecular flexibility index (Phi) is 5.93. The molecule has 0 fully saturated rings. The first-order chi connectivity index (χ1) is 5.87. The lowest BCUT2D eigenvalue weighted by atomic mass is 10.2. The Morgan fingerprint density at radius 2 is 1.92 bits per heavy atom. The second kappa shape index (κ2) is 5.84. The normalized spacial score (nSPS) is 15.0. The van der Waals surface area contributed by atoms with Crippen LogP contribution in [0.15, 0.2) is 0 Å². The highest BCUT2D eigenvalue weighted by atomic mass is 35.5. The predicted octanol–water partition coefficient (Wildman–Crippen LogP) is 2.36. The van der Waals surface area contributed by atoms with Gasteiger partial charge in [0.1, 0.15) is 0 Å². The number of hydrogen-bond donors (Lipinski definition) is 0. The summed E-state index contributed by atoms with van der Waals surface area (Å²) in [6, 6.07) is 0.422. The maximum Gasteiger partial charge on any atom is 0.0600 e. The summed E-state index contributed by atoms with van der Waals surface area (Å²) in [5, 5.41) is 0. The van der Waals surface area contributed by atoms with Crippen molar-refractivity contribution >= 4 is 11.6 Å². The Bertz CT molecular complexity index is 133. The number of halogens is 1. The molecule has 0 amide bonds. The van der Waals surface area contributed by atoms with E-state index in [1.54, 1.807) is 0 Å².